The number of hydrogen-bond donors (Lipinski definition) is 3. The van der Waals surface area contributed by atoms with E-state index in [9.17, 15) is 19.7 Å². The fourth-order valence-corrected chi connectivity index (χ4v) is 3.55. The third kappa shape index (κ3) is 3.62. The van der Waals surface area contributed by atoms with Gasteiger partial charge in [0.05, 0.1) is 10.5 Å². The van der Waals surface area contributed by atoms with Crippen LogP contribution in [0, 0.1) is 10.1 Å². The van der Waals surface area contributed by atoms with Crippen molar-refractivity contribution in [2.75, 3.05) is 18.0 Å². The van der Waals surface area contributed by atoms with E-state index in [4.69, 9.17) is 0 Å². The Morgan fingerprint density at radius 3 is 2.52 bits per heavy atom. The fraction of sp³-hybridized carbons (Fsp3) is 0.200. The molecule has 148 valence electrons. The van der Waals surface area contributed by atoms with Gasteiger partial charge < -0.3 is 9.88 Å². The number of anilines is 1. The van der Waals surface area contributed by atoms with E-state index >= 15 is 0 Å². The highest BCUT2D eigenvalue weighted by Crippen LogP contribution is 2.31. The second-order valence-corrected chi connectivity index (χ2v) is 6.81. The molecule has 0 radical (unpaired) electrons. The van der Waals surface area contributed by atoms with Gasteiger partial charge in [0.25, 0.3) is 17.5 Å². The minimum absolute atomic E-state index is 0.0962. The number of nitro benzene ring substituents is 1. The van der Waals surface area contributed by atoms with Gasteiger partial charge in [0.15, 0.2) is 0 Å². The predicted molar refractivity (Wildman–Crippen MR) is 108 cm³/mol. The summed E-state index contributed by atoms with van der Waals surface area (Å²) < 4.78 is 0. The first-order chi connectivity index (χ1) is 14.0. The van der Waals surface area contributed by atoms with E-state index in [-0.39, 0.29) is 11.3 Å². The molecule has 2 amide bonds. The number of aromatic amines is 1. The number of nitrogens with one attached hydrogen (secondary N) is 3. The van der Waals surface area contributed by atoms with Crippen molar-refractivity contribution in [1.82, 2.24) is 15.8 Å². The number of nitrogens with zero attached hydrogens (tertiary/aromatic N) is 2. The Labute approximate surface area is 165 Å². The second kappa shape index (κ2) is 7.63. The highest BCUT2D eigenvalue weighted by Gasteiger charge is 2.24. The van der Waals surface area contributed by atoms with Gasteiger partial charge in [-0.3, -0.25) is 30.6 Å². The first kappa shape index (κ1) is 18.5. The van der Waals surface area contributed by atoms with Crippen LogP contribution in [0.3, 0.4) is 0 Å². The summed E-state index contributed by atoms with van der Waals surface area (Å²) >= 11 is 0. The van der Waals surface area contributed by atoms with Crippen molar-refractivity contribution >= 4 is 34.1 Å². The van der Waals surface area contributed by atoms with Crippen LogP contribution in [0.25, 0.3) is 10.9 Å². The van der Waals surface area contributed by atoms with Crippen LogP contribution in [0.15, 0.2) is 48.7 Å². The lowest BCUT2D eigenvalue weighted by atomic mass is 10.1. The molecule has 2 aromatic carbocycles. The van der Waals surface area contributed by atoms with Crippen LogP contribution in [0.4, 0.5) is 11.4 Å². The standard InChI is InChI=1S/C20H19N5O4/c26-19(22-23-20(27)15-12-21-16-6-2-1-5-14(15)16)13-7-8-17(18(11-13)25(28)29)24-9-3-4-10-24/h1-2,5-8,11-12,21H,3-4,9-10H2,(H,22,26)(H,23,27). The molecule has 3 N–H and O–H groups in total. The Morgan fingerprint density at radius 1 is 1.03 bits per heavy atom. The van der Waals surface area contributed by atoms with Crippen LogP contribution in [-0.4, -0.2) is 34.8 Å². The molecular formula is C20H19N5O4. The van der Waals surface area contributed by atoms with Crippen molar-refractivity contribution in [1.29, 1.82) is 0 Å². The van der Waals surface area contributed by atoms with Crippen LogP contribution in [-0.2, 0) is 0 Å². The van der Waals surface area contributed by atoms with Crippen LogP contribution in [0.5, 0.6) is 0 Å². The van der Waals surface area contributed by atoms with E-state index in [0.717, 1.165) is 36.8 Å². The Kier molecular flexibility index (Phi) is 4.86. The molecule has 2 heterocycles. The minimum atomic E-state index is -0.630. The summed E-state index contributed by atoms with van der Waals surface area (Å²) in [6.45, 7) is 1.51. The van der Waals surface area contributed by atoms with Gasteiger partial charge in [0, 0.05) is 41.8 Å². The van der Waals surface area contributed by atoms with E-state index in [1.54, 1.807) is 18.3 Å². The summed E-state index contributed by atoms with van der Waals surface area (Å²) in [5.41, 5.74) is 6.34. The highest BCUT2D eigenvalue weighted by atomic mass is 16.6. The molecule has 0 saturated carbocycles. The highest BCUT2D eigenvalue weighted by molar-refractivity contribution is 6.07. The van der Waals surface area contributed by atoms with Gasteiger partial charge in [-0.2, -0.15) is 0 Å². The molecule has 0 unspecified atom stereocenters. The maximum Gasteiger partial charge on any atom is 0.293 e. The Bertz CT molecular complexity index is 1100. The molecule has 1 aliphatic heterocycles. The Balaban J connectivity index is 1.48. The molecule has 0 bridgehead atoms. The molecule has 4 rings (SSSR count). The van der Waals surface area contributed by atoms with Crippen LogP contribution in [0.1, 0.15) is 33.6 Å². The van der Waals surface area contributed by atoms with Crippen LogP contribution in [0.2, 0.25) is 0 Å². The van der Waals surface area contributed by atoms with Crippen LogP contribution < -0.4 is 15.8 Å². The second-order valence-electron chi connectivity index (χ2n) is 6.81. The zero-order valence-electron chi connectivity index (χ0n) is 15.5. The Morgan fingerprint density at radius 2 is 1.76 bits per heavy atom. The van der Waals surface area contributed by atoms with E-state index in [1.807, 2.05) is 23.1 Å². The topological polar surface area (TPSA) is 120 Å². The number of carbonyl (C=O) groups is 2. The van der Waals surface area contributed by atoms with E-state index in [0.29, 0.717) is 11.3 Å². The van der Waals surface area contributed by atoms with E-state index in [1.165, 1.54) is 12.1 Å². The molecular weight excluding hydrogens is 374 g/mol. The summed E-state index contributed by atoms with van der Waals surface area (Å²) in [5, 5.41) is 12.2. The SMILES string of the molecule is O=C(NNC(=O)c1c[nH]c2ccccc12)c1ccc(N2CCCC2)c([N+](=O)[O-])c1. The van der Waals surface area contributed by atoms with Crippen molar-refractivity contribution in [3.63, 3.8) is 0 Å². The number of hydrazine groups is 1. The van der Waals surface area contributed by atoms with E-state index in [2.05, 4.69) is 15.8 Å². The maximum atomic E-state index is 12.4. The summed E-state index contributed by atoms with van der Waals surface area (Å²) in [6, 6.07) is 11.6. The number of H-pyrrole nitrogens is 1. The van der Waals surface area contributed by atoms with Crippen molar-refractivity contribution in [3.8, 4) is 0 Å². The van der Waals surface area contributed by atoms with E-state index < -0.39 is 16.7 Å². The molecule has 9 heteroatoms. The Hall–Kier alpha value is -3.88. The lowest BCUT2D eigenvalue weighted by Gasteiger charge is -2.17. The smallest absolute Gasteiger partial charge is 0.293 e. The number of nitro groups is 1. The summed E-state index contributed by atoms with van der Waals surface area (Å²) in [4.78, 5) is 40.7. The molecule has 0 spiro atoms. The van der Waals surface area contributed by atoms with Crippen LogP contribution >= 0.6 is 0 Å². The third-order valence-electron chi connectivity index (χ3n) is 5.00. The molecule has 0 atom stereocenters. The number of aromatic nitrogens is 1. The summed E-state index contributed by atoms with van der Waals surface area (Å²) in [6.07, 6.45) is 3.53. The molecule has 3 aromatic rings. The number of hydrogen-bond acceptors (Lipinski definition) is 5. The molecule has 1 saturated heterocycles. The first-order valence-corrected chi connectivity index (χ1v) is 9.25. The lowest BCUT2D eigenvalue weighted by Crippen LogP contribution is -2.41. The van der Waals surface area contributed by atoms with Gasteiger partial charge in [-0.15, -0.1) is 0 Å². The molecule has 1 fully saturated rings. The number of para-hydroxylation sites is 1. The van der Waals surface area contributed by atoms with Crippen molar-refractivity contribution in [2.24, 2.45) is 0 Å². The van der Waals surface area contributed by atoms with Gasteiger partial charge >= 0.3 is 0 Å². The third-order valence-corrected chi connectivity index (χ3v) is 5.00. The van der Waals surface area contributed by atoms with Gasteiger partial charge in [-0.25, -0.2) is 0 Å². The summed E-state index contributed by atoms with van der Waals surface area (Å²) in [7, 11) is 0. The molecule has 0 aliphatic carbocycles. The monoisotopic (exact) mass is 393 g/mol. The maximum absolute atomic E-state index is 12.4. The van der Waals surface area contributed by atoms with Crippen molar-refractivity contribution in [3.05, 3.63) is 69.9 Å². The molecule has 1 aromatic heterocycles. The van der Waals surface area contributed by atoms with Gasteiger partial charge in [-0.1, -0.05) is 18.2 Å². The average molecular weight is 393 g/mol. The van der Waals surface area contributed by atoms with Gasteiger partial charge in [0.1, 0.15) is 5.69 Å². The number of fused-ring (bicyclic) bond motifs is 1. The molecule has 29 heavy (non-hydrogen) atoms. The zero-order chi connectivity index (χ0) is 20.4. The predicted octanol–water partition coefficient (Wildman–Crippen LogP) is 2.75. The van der Waals surface area contributed by atoms with Gasteiger partial charge in [-0.05, 0) is 31.0 Å². The molecule has 9 nitrogen and oxygen atoms in total. The van der Waals surface area contributed by atoms with Crippen molar-refractivity contribution < 1.29 is 14.5 Å². The largest absolute Gasteiger partial charge is 0.366 e. The number of benzene rings is 2. The van der Waals surface area contributed by atoms with Crippen molar-refractivity contribution in [2.45, 2.75) is 12.8 Å². The lowest BCUT2D eigenvalue weighted by molar-refractivity contribution is -0.384. The number of rotatable bonds is 4. The van der Waals surface area contributed by atoms with Gasteiger partial charge in [0.2, 0.25) is 0 Å². The molecule has 1 aliphatic rings. The zero-order valence-corrected chi connectivity index (χ0v) is 15.5. The fourth-order valence-electron chi connectivity index (χ4n) is 3.55. The minimum Gasteiger partial charge on any atom is -0.366 e. The number of carbonyl (C=O) groups excluding carboxylic acids is 2. The average Bonchev–Trinajstić information content (AvgIpc) is 3.41. The first-order valence-electron chi connectivity index (χ1n) is 9.25. The normalized spacial score (nSPS) is 13.4. The number of amides is 2. The quantitative estimate of drug-likeness (QED) is 0.465. The summed E-state index contributed by atoms with van der Waals surface area (Å²) in [5.74, 6) is -1.12.